The van der Waals surface area contributed by atoms with Crippen LogP contribution in [0.2, 0.25) is 0 Å². The van der Waals surface area contributed by atoms with Crippen molar-refractivity contribution in [3.05, 3.63) is 23.5 Å². The van der Waals surface area contributed by atoms with E-state index in [1.807, 2.05) is 13.2 Å². The average molecular weight is 178 g/mol. The van der Waals surface area contributed by atoms with Crippen LogP contribution >= 0.6 is 0 Å². The third-order valence-electron chi connectivity index (χ3n) is 2.27. The second-order valence-corrected chi connectivity index (χ2v) is 3.24. The number of hydrogen-bond donors (Lipinski definition) is 1. The van der Waals surface area contributed by atoms with Gasteiger partial charge in [0.15, 0.2) is 0 Å². The molecule has 0 fully saturated rings. The zero-order valence-electron chi connectivity index (χ0n) is 7.84. The van der Waals surface area contributed by atoms with Crippen LogP contribution in [0.5, 0.6) is 5.75 Å². The Morgan fingerprint density at radius 2 is 2.54 bits per heavy atom. The fourth-order valence-corrected chi connectivity index (χ4v) is 1.52. The first-order chi connectivity index (χ1) is 6.40. The predicted octanol–water partition coefficient (Wildman–Crippen LogP) is 0.778. The molecule has 1 aliphatic rings. The van der Waals surface area contributed by atoms with Crippen LogP contribution in [-0.4, -0.2) is 25.2 Å². The quantitative estimate of drug-likeness (QED) is 0.742. The Kier molecular flexibility index (Phi) is 2.45. The van der Waals surface area contributed by atoms with Gasteiger partial charge in [-0.2, -0.15) is 0 Å². The topological polar surface area (TPSA) is 34.2 Å². The average Bonchev–Trinajstić information content (AvgIpc) is 2.61. The molecule has 1 aromatic heterocycles. The maximum Gasteiger partial charge on any atom is 0.140 e. The van der Waals surface area contributed by atoms with Crippen LogP contribution < -0.4 is 10.1 Å². The van der Waals surface area contributed by atoms with Gasteiger partial charge in [-0.15, -0.1) is 0 Å². The van der Waals surface area contributed by atoms with Gasteiger partial charge in [-0.3, -0.25) is 4.98 Å². The highest BCUT2D eigenvalue weighted by Gasteiger charge is 2.12. The van der Waals surface area contributed by atoms with E-state index in [1.54, 1.807) is 0 Å². The molecular weight excluding hydrogens is 164 g/mol. The molecule has 0 spiro atoms. The van der Waals surface area contributed by atoms with E-state index in [9.17, 15) is 0 Å². The summed E-state index contributed by atoms with van der Waals surface area (Å²) in [5, 5.41) is 3.11. The molecule has 1 aromatic rings. The van der Waals surface area contributed by atoms with Gasteiger partial charge in [-0.05, 0) is 13.1 Å². The van der Waals surface area contributed by atoms with E-state index >= 15 is 0 Å². The van der Waals surface area contributed by atoms with E-state index in [0.717, 1.165) is 37.4 Å². The lowest BCUT2D eigenvalue weighted by Gasteiger charge is -2.02. The number of ether oxygens (including phenoxy) is 1. The molecule has 1 N–H and O–H groups in total. The molecular formula is C10H14N2O. The molecule has 0 saturated carbocycles. The normalized spacial score (nSPS) is 13.9. The van der Waals surface area contributed by atoms with E-state index in [0.29, 0.717) is 0 Å². The molecule has 0 saturated heterocycles. The zero-order valence-corrected chi connectivity index (χ0v) is 7.84. The molecule has 3 heteroatoms. The first-order valence-electron chi connectivity index (χ1n) is 4.65. The molecule has 0 unspecified atom stereocenters. The fraction of sp³-hybridized carbons (Fsp3) is 0.500. The van der Waals surface area contributed by atoms with Gasteiger partial charge in [-0.1, -0.05) is 0 Å². The summed E-state index contributed by atoms with van der Waals surface area (Å²) in [5.41, 5.74) is 2.46. The predicted molar refractivity (Wildman–Crippen MR) is 51.1 cm³/mol. The van der Waals surface area contributed by atoms with Crippen molar-refractivity contribution >= 4 is 0 Å². The molecule has 2 rings (SSSR count). The van der Waals surface area contributed by atoms with Crippen molar-refractivity contribution in [2.45, 2.75) is 12.8 Å². The highest BCUT2D eigenvalue weighted by atomic mass is 16.5. The van der Waals surface area contributed by atoms with E-state index in [4.69, 9.17) is 4.74 Å². The van der Waals surface area contributed by atoms with E-state index < -0.39 is 0 Å². The Hall–Kier alpha value is -1.09. The molecule has 0 aliphatic carbocycles. The van der Waals surface area contributed by atoms with Crippen LogP contribution in [0.25, 0.3) is 0 Å². The Morgan fingerprint density at radius 3 is 3.38 bits per heavy atom. The molecule has 1 aliphatic heterocycles. The van der Waals surface area contributed by atoms with Gasteiger partial charge in [0.1, 0.15) is 5.75 Å². The minimum atomic E-state index is 0.812. The van der Waals surface area contributed by atoms with Crippen LogP contribution in [-0.2, 0) is 12.8 Å². The van der Waals surface area contributed by atoms with Crippen molar-refractivity contribution in [2.24, 2.45) is 0 Å². The maximum absolute atomic E-state index is 5.38. The van der Waals surface area contributed by atoms with Crippen LogP contribution in [0.15, 0.2) is 12.3 Å². The first kappa shape index (κ1) is 8.51. The zero-order chi connectivity index (χ0) is 9.10. The highest BCUT2D eigenvalue weighted by molar-refractivity contribution is 5.35. The standard InChI is InChI=1S/C10H14N2O/c1-11-4-2-9-6-8-3-5-13-10(8)7-12-9/h6-7,11H,2-5H2,1H3. The minimum Gasteiger partial charge on any atom is -0.491 e. The second-order valence-electron chi connectivity index (χ2n) is 3.24. The highest BCUT2D eigenvalue weighted by Crippen LogP contribution is 2.24. The summed E-state index contributed by atoms with van der Waals surface area (Å²) >= 11 is 0. The Labute approximate surface area is 78.1 Å². The van der Waals surface area contributed by atoms with Gasteiger partial charge in [0.2, 0.25) is 0 Å². The Bertz CT molecular complexity index is 299. The van der Waals surface area contributed by atoms with E-state index in [-0.39, 0.29) is 0 Å². The molecule has 2 heterocycles. The number of pyridine rings is 1. The van der Waals surface area contributed by atoms with Gasteiger partial charge in [0.25, 0.3) is 0 Å². The first-order valence-corrected chi connectivity index (χ1v) is 4.65. The van der Waals surface area contributed by atoms with E-state index in [1.165, 1.54) is 5.56 Å². The van der Waals surface area contributed by atoms with Crippen LogP contribution in [0.3, 0.4) is 0 Å². The Morgan fingerprint density at radius 1 is 1.62 bits per heavy atom. The number of hydrogen-bond acceptors (Lipinski definition) is 3. The van der Waals surface area contributed by atoms with Crippen molar-refractivity contribution in [3.63, 3.8) is 0 Å². The number of likely N-dealkylation sites (N-methyl/N-ethyl adjacent to an activating group) is 1. The van der Waals surface area contributed by atoms with Gasteiger partial charge in [0, 0.05) is 30.6 Å². The molecule has 0 radical (unpaired) electrons. The lowest BCUT2D eigenvalue weighted by atomic mass is 10.1. The molecule has 3 nitrogen and oxygen atoms in total. The lowest BCUT2D eigenvalue weighted by Crippen LogP contribution is -2.11. The number of aromatic nitrogens is 1. The van der Waals surface area contributed by atoms with Crippen LogP contribution in [0.1, 0.15) is 11.3 Å². The monoisotopic (exact) mass is 178 g/mol. The van der Waals surface area contributed by atoms with Gasteiger partial charge in [-0.25, -0.2) is 0 Å². The summed E-state index contributed by atoms with van der Waals surface area (Å²) in [6, 6.07) is 2.15. The largest absolute Gasteiger partial charge is 0.491 e. The number of nitrogens with one attached hydrogen (secondary N) is 1. The summed E-state index contributed by atoms with van der Waals surface area (Å²) in [5.74, 6) is 0.966. The SMILES string of the molecule is CNCCc1cc2c(cn1)OCC2. The number of rotatable bonds is 3. The van der Waals surface area contributed by atoms with Crippen molar-refractivity contribution in [1.29, 1.82) is 0 Å². The number of fused-ring (bicyclic) bond motifs is 1. The molecule has 0 amide bonds. The molecule has 13 heavy (non-hydrogen) atoms. The third kappa shape index (κ3) is 1.80. The van der Waals surface area contributed by atoms with Gasteiger partial charge < -0.3 is 10.1 Å². The van der Waals surface area contributed by atoms with Crippen molar-refractivity contribution < 1.29 is 4.74 Å². The third-order valence-corrected chi connectivity index (χ3v) is 2.27. The minimum absolute atomic E-state index is 0.812. The summed E-state index contributed by atoms with van der Waals surface area (Å²) in [7, 11) is 1.95. The fourth-order valence-electron chi connectivity index (χ4n) is 1.52. The maximum atomic E-state index is 5.38. The smallest absolute Gasteiger partial charge is 0.140 e. The van der Waals surface area contributed by atoms with Crippen molar-refractivity contribution in [2.75, 3.05) is 20.2 Å². The van der Waals surface area contributed by atoms with Crippen LogP contribution in [0.4, 0.5) is 0 Å². The van der Waals surface area contributed by atoms with Crippen molar-refractivity contribution in [3.8, 4) is 5.75 Å². The summed E-state index contributed by atoms with van der Waals surface area (Å²) < 4.78 is 5.38. The summed E-state index contributed by atoms with van der Waals surface area (Å²) in [4.78, 5) is 4.32. The van der Waals surface area contributed by atoms with Gasteiger partial charge >= 0.3 is 0 Å². The number of nitrogens with zero attached hydrogens (tertiary/aromatic N) is 1. The summed E-state index contributed by atoms with van der Waals surface area (Å²) in [6.07, 6.45) is 3.86. The summed E-state index contributed by atoms with van der Waals surface area (Å²) in [6.45, 7) is 1.79. The van der Waals surface area contributed by atoms with Gasteiger partial charge in [0.05, 0.1) is 12.8 Å². The molecule has 0 bridgehead atoms. The van der Waals surface area contributed by atoms with E-state index in [2.05, 4.69) is 16.4 Å². The van der Waals surface area contributed by atoms with Crippen molar-refractivity contribution in [1.82, 2.24) is 10.3 Å². The molecule has 0 atom stereocenters. The van der Waals surface area contributed by atoms with Crippen LogP contribution in [0, 0.1) is 0 Å². The lowest BCUT2D eigenvalue weighted by molar-refractivity contribution is 0.355. The molecule has 70 valence electrons. The second kappa shape index (κ2) is 3.75. The Balaban J connectivity index is 2.12. The molecule has 0 aromatic carbocycles.